The van der Waals surface area contributed by atoms with Crippen LogP contribution in [0.15, 0.2) is 24.3 Å². The molecule has 0 saturated carbocycles. The molecule has 1 heterocycles. The molecule has 0 bridgehead atoms. The Hall–Kier alpha value is -1.97. The van der Waals surface area contributed by atoms with Gasteiger partial charge in [-0.3, -0.25) is 19.3 Å². The van der Waals surface area contributed by atoms with E-state index in [-0.39, 0.29) is 30.1 Å². The highest BCUT2D eigenvalue weighted by Crippen LogP contribution is 2.25. The highest BCUT2D eigenvalue weighted by atomic mass is 16.2. The third-order valence-electron chi connectivity index (χ3n) is 3.18. The Bertz CT molecular complexity index is 487. The van der Waals surface area contributed by atoms with Crippen LogP contribution in [0.25, 0.3) is 0 Å². The molecule has 0 aliphatic carbocycles. The first kappa shape index (κ1) is 12.5. The molecule has 4 heteroatoms. The summed E-state index contributed by atoms with van der Waals surface area (Å²) < 4.78 is 0. The molecular formula is C14H15NO3. The molecule has 0 radical (unpaired) electrons. The zero-order valence-corrected chi connectivity index (χ0v) is 10.5. The Labute approximate surface area is 106 Å². The lowest BCUT2D eigenvalue weighted by atomic mass is 10.1. The number of rotatable bonds is 4. The molecule has 1 aliphatic heterocycles. The molecule has 1 aromatic rings. The lowest BCUT2D eigenvalue weighted by molar-refractivity contribution is -0.119. The lowest BCUT2D eigenvalue weighted by Crippen LogP contribution is -2.39. The Kier molecular flexibility index (Phi) is 3.28. The predicted molar refractivity (Wildman–Crippen MR) is 66.3 cm³/mol. The molecule has 4 nitrogen and oxygen atoms in total. The van der Waals surface area contributed by atoms with Crippen molar-refractivity contribution < 1.29 is 14.4 Å². The van der Waals surface area contributed by atoms with Crippen molar-refractivity contribution in [3.63, 3.8) is 0 Å². The summed E-state index contributed by atoms with van der Waals surface area (Å²) >= 11 is 0. The fourth-order valence-corrected chi connectivity index (χ4v) is 2.17. The molecular weight excluding hydrogens is 230 g/mol. The minimum absolute atomic E-state index is 0.0547. The van der Waals surface area contributed by atoms with Crippen molar-refractivity contribution in [1.29, 1.82) is 0 Å². The van der Waals surface area contributed by atoms with Crippen LogP contribution in [0.5, 0.6) is 0 Å². The quantitative estimate of drug-likeness (QED) is 0.763. The van der Waals surface area contributed by atoms with E-state index in [9.17, 15) is 14.4 Å². The first-order chi connectivity index (χ1) is 8.56. The summed E-state index contributed by atoms with van der Waals surface area (Å²) in [4.78, 5) is 36.8. The highest BCUT2D eigenvalue weighted by Gasteiger charge is 2.38. The topological polar surface area (TPSA) is 54.5 Å². The van der Waals surface area contributed by atoms with Gasteiger partial charge in [-0.1, -0.05) is 19.1 Å². The van der Waals surface area contributed by atoms with Crippen LogP contribution in [0.2, 0.25) is 0 Å². The van der Waals surface area contributed by atoms with Crippen LogP contribution in [0.1, 0.15) is 47.4 Å². The average molecular weight is 245 g/mol. The monoisotopic (exact) mass is 245 g/mol. The fraction of sp³-hybridized carbons (Fsp3) is 0.357. The van der Waals surface area contributed by atoms with Crippen LogP contribution in [0, 0.1) is 0 Å². The molecule has 1 aliphatic rings. The molecule has 18 heavy (non-hydrogen) atoms. The summed E-state index contributed by atoms with van der Waals surface area (Å²) in [6.07, 6.45) is 0.648. The van der Waals surface area contributed by atoms with Crippen LogP contribution in [-0.4, -0.2) is 28.5 Å². The number of carbonyl (C=O) groups is 3. The van der Waals surface area contributed by atoms with Crippen molar-refractivity contribution in [3.8, 4) is 0 Å². The zero-order valence-electron chi connectivity index (χ0n) is 10.5. The molecule has 2 rings (SSSR count). The molecule has 0 fully saturated rings. The number of imide groups is 1. The molecule has 0 N–H and O–H groups in total. The maximum atomic E-state index is 12.1. The van der Waals surface area contributed by atoms with Crippen molar-refractivity contribution in [2.75, 3.05) is 0 Å². The Balaban J connectivity index is 2.25. The highest BCUT2D eigenvalue weighted by molar-refractivity contribution is 6.21. The Morgan fingerprint density at radius 3 is 2.11 bits per heavy atom. The van der Waals surface area contributed by atoms with Crippen molar-refractivity contribution in [1.82, 2.24) is 4.90 Å². The molecule has 1 atom stereocenters. The van der Waals surface area contributed by atoms with Gasteiger partial charge >= 0.3 is 0 Å². The van der Waals surface area contributed by atoms with E-state index in [4.69, 9.17) is 0 Å². The molecule has 0 aromatic heterocycles. The zero-order chi connectivity index (χ0) is 13.3. The van der Waals surface area contributed by atoms with Crippen LogP contribution in [-0.2, 0) is 4.79 Å². The Morgan fingerprint density at radius 2 is 1.67 bits per heavy atom. The molecule has 94 valence electrons. The summed E-state index contributed by atoms with van der Waals surface area (Å²) in [6.45, 7) is 3.51. The number of nitrogens with zero attached hydrogens (tertiary/aromatic N) is 1. The normalized spacial score (nSPS) is 15.8. The van der Waals surface area contributed by atoms with Gasteiger partial charge in [0.1, 0.15) is 5.78 Å². The van der Waals surface area contributed by atoms with Gasteiger partial charge in [0.2, 0.25) is 0 Å². The Morgan fingerprint density at radius 1 is 1.17 bits per heavy atom. The van der Waals surface area contributed by atoms with Crippen LogP contribution in [0.4, 0.5) is 0 Å². The first-order valence-electron chi connectivity index (χ1n) is 6.04. The van der Waals surface area contributed by atoms with E-state index >= 15 is 0 Å². The third-order valence-corrected chi connectivity index (χ3v) is 3.18. The van der Waals surface area contributed by atoms with Gasteiger partial charge in [0.15, 0.2) is 0 Å². The van der Waals surface area contributed by atoms with Gasteiger partial charge in [-0.05, 0) is 19.1 Å². The van der Waals surface area contributed by atoms with Crippen LogP contribution in [0.3, 0.4) is 0 Å². The number of ketones is 1. The van der Waals surface area contributed by atoms with Crippen molar-refractivity contribution >= 4 is 17.6 Å². The van der Waals surface area contributed by atoms with Gasteiger partial charge < -0.3 is 0 Å². The van der Waals surface area contributed by atoms with E-state index in [0.29, 0.717) is 17.5 Å². The van der Waals surface area contributed by atoms with Gasteiger partial charge in [0.05, 0.1) is 11.1 Å². The van der Waals surface area contributed by atoms with Gasteiger partial charge in [-0.15, -0.1) is 0 Å². The van der Waals surface area contributed by atoms with Crippen molar-refractivity contribution in [3.05, 3.63) is 35.4 Å². The number of fused-ring (bicyclic) bond motifs is 1. The first-order valence-corrected chi connectivity index (χ1v) is 6.04. The SMILES string of the molecule is CCC(=O)CC(C)N1C(=O)c2ccccc2C1=O. The molecule has 0 saturated heterocycles. The van der Waals surface area contributed by atoms with E-state index < -0.39 is 0 Å². The molecule has 2 amide bonds. The van der Waals surface area contributed by atoms with Gasteiger partial charge in [0, 0.05) is 18.9 Å². The van der Waals surface area contributed by atoms with Gasteiger partial charge in [-0.2, -0.15) is 0 Å². The van der Waals surface area contributed by atoms with Gasteiger partial charge in [-0.25, -0.2) is 0 Å². The van der Waals surface area contributed by atoms with E-state index in [2.05, 4.69) is 0 Å². The second kappa shape index (κ2) is 4.72. The van der Waals surface area contributed by atoms with Crippen LogP contribution < -0.4 is 0 Å². The summed E-state index contributed by atoms with van der Waals surface area (Å²) in [5.74, 6) is -0.543. The van der Waals surface area contributed by atoms with E-state index in [1.54, 1.807) is 38.1 Å². The van der Waals surface area contributed by atoms with Gasteiger partial charge in [0.25, 0.3) is 11.8 Å². The summed E-state index contributed by atoms with van der Waals surface area (Å²) in [7, 11) is 0. The summed E-state index contributed by atoms with van der Waals surface area (Å²) in [5.41, 5.74) is 0.858. The fourth-order valence-electron chi connectivity index (χ4n) is 2.17. The van der Waals surface area contributed by atoms with E-state index in [1.165, 1.54) is 4.90 Å². The lowest BCUT2D eigenvalue weighted by Gasteiger charge is -2.21. The maximum Gasteiger partial charge on any atom is 0.261 e. The number of hydrogen-bond donors (Lipinski definition) is 0. The van der Waals surface area contributed by atoms with E-state index in [1.807, 2.05) is 0 Å². The standard InChI is InChI=1S/C14H15NO3/c1-3-10(16)8-9(2)15-13(17)11-6-4-5-7-12(11)14(15)18/h4-7,9H,3,8H2,1-2H3. The summed E-state index contributed by atoms with van der Waals surface area (Å²) in [5, 5.41) is 0. The largest absolute Gasteiger partial charge is 0.300 e. The third kappa shape index (κ3) is 1.94. The second-order valence-corrected chi connectivity index (χ2v) is 4.47. The smallest absolute Gasteiger partial charge is 0.261 e. The minimum Gasteiger partial charge on any atom is -0.300 e. The number of hydrogen-bond acceptors (Lipinski definition) is 3. The minimum atomic E-state index is -0.384. The average Bonchev–Trinajstić information content (AvgIpc) is 2.62. The number of amides is 2. The number of benzene rings is 1. The molecule has 0 spiro atoms. The number of Topliss-reactive ketones (excluding diaryl/α,β-unsaturated/α-hetero) is 1. The van der Waals surface area contributed by atoms with Crippen LogP contribution >= 0.6 is 0 Å². The number of carbonyl (C=O) groups excluding carboxylic acids is 3. The second-order valence-electron chi connectivity index (χ2n) is 4.47. The predicted octanol–water partition coefficient (Wildman–Crippen LogP) is 2.04. The summed E-state index contributed by atoms with van der Waals surface area (Å²) in [6, 6.07) is 6.36. The van der Waals surface area contributed by atoms with Crippen molar-refractivity contribution in [2.45, 2.75) is 32.7 Å². The molecule has 1 unspecified atom stereocenters. The molecule has 1 aromatic carbocycles. The van der Waals surface area contributed by atoms with Crippen molar-refractivity contribution in [2.24, 2.45) is 0 Å². The van der Waals surface area contributed by atoms with E-state index in [0.717, 1.165) is 0 Å². The maximum absolute atomic E-state index is 12.1.